The lowest BCUT2D eigenvalue weighted by molar-refractivity contribution is 0.0698. The van der Waals surface area contributed by atoms with Gasteiger partial charge in [-0.3, -0.25) is 0 Å². The van der Waals surface area contributed by atoms with E-state index in [2.05, 4.69) is 23.7 Å². The minimum Gasteiger partial charge on any atom is -0.478 e. The van der Waals surface area contributed by atoms with Crippen LogP contribution in [0.3, 0.4) is 0 Å². The van der Waals surface area contributed by atoms with E-state index in [1.165, 1.54) is 12.8 Å². The number of rotatable bonds is 4. The molecule has 1 aliphatic rings. The summed E-state index contributed by atoms with van der Waals surface area (Å²) in [6.45, 7) is 6.79. The standard InChI is InChI=1S/C17H23N3O2/c1-12(2)19-8-5-13(6-9-19)10-14-11-20-7-3-4-15(17(21)22)16(20)18-14/h3-4,7,11-13H,5-6,8-10H2,1-2H3,(H,21,22). The Kier molecular flexibility index (Phi) is 4.16. The van der Waals surface area contributed by atoms with Crippen molar-refractivity contribution in [2.75, 3.05) is 13.1 Å². The van der Waals surface area contributed by atoms with Crippen LogP contribution in [0.2, 0.25) is 0 Å². The fourth-order valence-electron chi connectivity index (χ4n) is 3.30. The average Bonchev–Trinajstić information content (AvgIpc) is 2.89. The Bertz CT molecular complexity index is 670. The van der Waals surface area contributed by atoms with Crippen molar-refractivity contribution in [2.24, 2.45) is 5.92 Å². The SMILES string of the molecule is CC(C)N1CCC(Cc2cn3cccc(C(=O)O)c3n2)CC1. The van der Waals surface area contributed by atoms with Crippen LogP contribution in [-0.4, -0.2) is 44.5 Å². The van der Waals surface area contributed by atoms with Gasteiger partial charge in [0.15, 0.2) is 5.65 Å². The van der Waals surface area contributed by atoms with Crippen molar-refractivity contribution < 1.29 is 9.90 Å². The maximum Gasteiger partial charge on any atom is 0.339 e. The number of carboxylic acids is 1. The van der Waals surface area contributed by atoms with E-state index in [4.69, 9.17) is 0 Å². The molecule has 0 radical (unpaired) electrons. The van der Waals surface area contributed by atoms with Crippen LogP contribution in [0, 0.1) is 5.92 Å². The second kappa shape index (κ2) is 6.08. The number of pyridine rings is 1. The molecule has 0 amide bonds. The summed E-state index contributed by atoms with van der Waals surface area (Å²) < 4.78 is 1.82. The van der Waals surface area contributed by atoms with Gasteiger partial charge in [-0.15, -0.1) is 0 Å². The number of hydrogen-bond acceptors (Lipinski definition) is 3. The van der Waals surface area contributed by atoms with Crippen LogP contribution in [0.1, 0.15) is 42.7 Å². The molecule has 2 aromatic heterocycles. The predicted octanol–water partition coefficient (Wildman–Crippen LogP) is 2.70. The first-order valence-electron chi connectivity index (χ1n) is 7.98. The Balaban J connectivity index is 1.73. The molecule has 0 unspecified atom stereocenters. The zero-order chi connectivity index (χ0) is 15.7. The zero-order valence-corrected chi connectivity index (χ0v) is 13.2. The fourth-order valence-corrected chi connectivity index (χ4v) is 3.30. The van der Waals surface area contributed by atoms with E-state index in [0.717, 1.165) is 25.2 Å². The number of imidazole rings is 1. The van der Waals surface area contributed by atoms with Crippen molar-refractivity contribution in [2.45, 2.75) is 39.2 Å². The highest BCUT2D eigenvalue weighted by atomic mass is 16.4. The topological polar surface area (TPSA) is 57.8 Å². The molecule has 22 heavy (non-hydrogen) atoms. The van der Waals surface area contributed by atoms with Gasteiger partial charge in [0, 0.05) is 18.4 Å². The molecule has 0 atom stereocenters. The average molecular weight is 301 g/mol. The molecule has 1 fully saturated rings. The maximum atomic E-state index is 11.3. The smallest absolute Gasteiger partial charge is 0.339 e. The molecule has 0 aromatic carbocycles. The number of likely N-dealkylation sites (tertiary alicyclic amines) is 1. The van der Waals surface area contributed by atoms with Crippen LogP contribution < -0.4 is 0 Å². The third kappa shape index (κ3) is 2.99. The van der Waals surface area contributed by atoms with Crippen LogP contribution in [-0.2, 0) is 6.42 Å². The number of hydrogen-bond donors (Lipinski definition) is 1. The first-order valence-corrected chi connectivity index (χ1v) is 7.98. The largest absolute Gasteiger partial charge is 0.478 e. The number of aromatic carboxylic acids is 1. The summed E-state index contributed by atoms with van der Waals surface area (Å²) in [6.07, 6.45) is 7.15. The van der Waals surface area contributed by atoms with Crippen LogP contribution in [0.5, 0.6) is 0 Å². The van der Waals surface area contributed by atoms with E-state index in [1.54, 1.807) is 12.1 Å². The first-order chi connectivity index (χ1) is 10.5. The monoisotopic (exact) mass is 301 g/mol. The van der Waals surface area contributed by atoms with Gasteiger partial charge < -0.3 is 14.4 Å². The van der Waals surface area contributed by atoms with Gasteiger partial charge in [0.1, 0.15) is 5.56 Å². The molecule has 1 saturated heterocycles. The molecule has 0 aliphatic carbocycles. The molecule has 0 saturated carbocycles. The molecule has 0 spiro atoms. The molecule has 3 rings (SSSR count). The lowest BCUT2D eigenvalue weighted by Crippen LogP contribution is -2.38. The lowest BCUT2D eigenvalue weighted by Gasteiger charge is -2.34. The van der Waals surface area contributed by atoms with Gasteiger partial charge >= 0.3 is 5.97 Å². The zero-order valence-electron chi connectivity index (χ0n) is 13.2. The summed E-state index contributed by atoms with van der Waals surface area (Å²) in [5.41, 5.74) is 1.81. The summed E-state index contributed by atoms with van der Waals surface area (Å²) in [5, 5.41) is 9.24. The van der Waals surface area contributed by atoms with Gasteiger partial charge in [0.25, 0.3) is 0 Å². The highest BCUT2D eigenvalue weighted by Crippen LogP contribution is 2.23. The lowest BCUT2D eigenvalue weighted by atomic mass is 9.92. The van der Waals surface area contributed by atoms with Crippen molar-refractivity contribution in [3.8, 4) is 0 Å². The van der Waals surface area contributed by atoms with Crippen LogP contribution in [0.4, 0.5) is 0 Å². The molecule has 0 bridgehead atoms. The van der Waals surface area contributed by atoms with E-state index >= 15 is 0 Å². The number of aromatic nitrogens is 2. The summed E-state index contributed by atoms with van der Waals surface area (Å²) in [6, 6.07) is 3.98. The van der Waals surface area contributed by atoms with Gasteiger partial charge in [0.2, 0.25) is 0 Å². The number of carbonyl (C=O) groups is 1. The third-order valence-electron chi connectivity index (χ3n) is 4.64. The van der Waals surface area contributed by atoms with Crippen LogP contribution in [0.15, 0.2) is 24.5 Å². The minimum absolute atomic E-state index is 0.267. The number of nitrogens with zero attached hydrogens (tertiary/aromatic N) is 3. The molecular weight excluding hydrogens is 278 g/mol. The van der Waals surface area contributed by atoms with E-state index in [-0.39, 0.29) is 5.56 Å². The van der Waals surface area contributed by atoms with Crippen molar-refractivity contribution in [1.82, 2.24) is 14.3 Å². The predicted molar refractivity (Wildman–Crippen MR) is 85.3 cm³/mol. The fraction of sp³-hybridized carbons (Fsp3) is 0.529. The van der Waals surface area contributed by atoms with Gasteiger partial charge in [-0.2, -0.15) is 0 Å². The number of carboxylic acid groups (broad SMARTS) is 1. The second-order valence-corrected chi connectivity index (χ2v) is 6.47. The Morgan fingerprint density at radius 3 is 2.77 bits per heavy atom. The van der Waals surface area contributed by atoms with Crippen molar-refractivity contribution in [3.63, 3.8) is 0 Å². The summed E-state index contributed by atoms with van der Waals surface area (Å²) >= 11 is 0. The Morgan fingerprint density at radius 2 is 2.14 bits per heavy atom. The summed E-state index contributed by atoms with van der Waals surface area (Å²) in [5.74, 6) is -0.277. The van der Waals surface area contributed by atoms with E-state index in [0.29, 0.717) is 17.6 Å². The normalized spacial score (nSPS) is 17.4. The minimum atomic E-state index is -0.923. The molecule has 1 N–H and O–H groups in total. The van der Waals surface area contributed by atoms with Gasteiger partial charge in [0.05, 0.1) is 5.69 Å². The summed E-state index contributed by atoms with van der Waals surface area (Å²) in [4.78, 5) is 18.3. The molecular formula is C17H23N3O2. The third-order valence-corrected chi connectivity index (χ3v) is 4.64. The number of fused-ring (bicyclic) bond motifs is 1. The van der Waals surface area contributed by atoms with Gasteiger partial charge in [-0.25, -0.2) is 9.78 Å². The maximum absolute atomic E-state index is 11.3. The van der Waals surface area contributed by atoms with Crippen molar-refractivity contribution in [1.29, 1.82) is 0 Å². The number of piperidine rings is 1. The summed E-state index contributed by atoms with van der Waals surface area (Å²) in [7, 11) is 0. The van der Waals surface area contributed by atoms with E-state index < -0.39 is 5.97 Å². The van der Waals surface area contributed by atoms with Crippen LogP contribution >= 0.6 is 0 Å². The first kappa shape index (κ1) is 15.0. The van der Waals surface area contributed by atoms with Crippen LogP contribution in [0.25, 0.3) is 5.65 Å². The van der Waals surface area contributed by atoms with Crippen molar-refractivity contribution >= 4 is 11.6 Å². The molecule has 5 nitrogen and oxygen atoms in total. The Hall–Kier alpha value is -1.88. The van der Waals surface area contributed by atoms with Gasteiger partial charge in [-0.05, 0) is 64.3 Å². The van der Waals surface area contributed by atoms with Gasteiger partial charge in [-0.1, -0.05) is 0 Å². The molecule has 2 aromatic rings. The van der Waals surface area contributed by atoms with E-state index in [1.807, 2.05) is 16.8 Å². The molecule has 118 valence electrons. The molecule has 5 heteroatoms. The highest BCUT2D eigenvalue weighted by molar-refractivity contribution is 5.94. The molecule has 3 heterocycles. The Morgan fingerprint density at radius 1 is 1.41 bits per heavy atom. The molecule has 1 aliphatic heterocycles. The highest BCUT2D eigenvalue weighted by Gasteiger charge is 2.22. The second-order valence-electron chi connectivity index (χ2n) is 6.47. The van der Waals surface area contributed by atoms with Crippen molar-refractivity contribution in [3.05, 3.63) is 35.8 Å². The quantitative estimate of drug-likeness (QED) is 0.943. The van der Waals surface area contributed by atoms with E-state index in [9.17, 15) is 9.90 Å². The Labute approximate surface area is 130 Å².